The van der Waals surface area contributed by atoms with Gasteiger partial charge in [-0.3, -0.25) is 19.4 Å². The lowest BCUT2D eigenvalue weighted by Gasteiger charge is -2.65. The fourth-order valence-corrected chi connectivity index (χ4v) is 11.7. The first kappa shape index (κ1) is 38.7. The van der Waals surface area contributed by atoms with Crippen LogP contribution in [0.4, 0.5) is 0 Å². The number of rotatable bonds is 10. The highest BCUT2D eigenvalue weighted by Crippen LogP contribution is 2.68. The molecule has 50 heavy (non-hydrogen) atoms. The third kappa shape index (κ3) is 7.23. The van der Waals surface area contributed by atoms with Gasteiger partial charge < -0.3 is 15.2 Å². The maximum Gasteiger partial charge on any atom is 0.309 e. The molecule has 4 aliphatic rings. The minimum atomic E-state index is -1.15. The highest BCUT2D eigenvalue weighted by atomic mass is 16.5. The van der Waals surface area contributed by atoms with E-state index >= 15 is 0 Å². The molecule has 0 aromatic carbocycles. The highest BCUT2D eigenvalue weighted by Gasteiger charge is 2.62. The average Bonchev–Trinajstić information content (AvgIpc) is 3.31. The fraction of sp³-hybridized carbons (Fsp3) is 0.767. The van der Waals surface area contributed by atoms with Gasteiger partial charge in [0.1, 0.15) is 6.10 Å². The molecule has 7 atom stereocenters. The minimum Gasteiger partial charge on any atom is -0.481 e. The number of allylic oxidation sites excluding steroid dienone is 2. The fourth-order valence-electron chi connectivity index (χ4n) is 11.7. The minimum absolute atomic E-state index is 0.0559. The number of nitrogens with zero attached hydrogens (tertiary/aromatic N) is 1. The van der Waals surface area contributed by atoms with Crippen molar-refractivity contribution in [2.45, 2.75) is 152 Å². The van der Waals surface area contributed by atoms with Crippen LogP contribution in [0.3, 0.4) is 0 Å². The molecule has 0 spiro atoms. The zero-order valence-corrected chi connectivity index (χ0v) is 32.6. The van der Waals surface area contributed by atoms with E-state index < -0.39 is 17.4 Å². The average molecular weight is 691 g/mol. The molecule has 7 unspecified atom stereocenters. The molecule has 1 aromatic heterocycles. The van der Waals surface area contributed by atoms with E-state index in [1.807, 2.05) is 12.4 Å². The second kappa shape index (κ2) is 14.5. The van der Waals surface area contributed by atoms with Gasteiger partial charge in [-0.05, 0) is 142 Å². The number of aliphatic carboxylic acids is 1. The molecule has 5 rings (SSSR count). The molecule has 0 saturated heterocycles. The second-order valence-electron chi connectivity index (χ2n) is 18.9. The van der Waals surface area contributed by atoms with Crippen LogP contribution in [-0.2, 0) is 25.7 Å². The monoisotopic (exact) mass is 690 g/mol. The van der Waals surface area contributed by atoms with Gasteiger partial charge in [-0.25, -0.2) is 0 Å². The van der Waals surface area contributed by atoms with Crippen LogP contribution in [-0.4, -0.2) is 40.5 Å². The first-order valence-corrected chi connectivity index (χ1v) is 19.7. The summed E-state index contributed by atoms with van der Waals surface area (Å²) in [4.78, 5) is 42.8. The Morgan fingerprint density at radius 2 is 1.68 bits per heavy atom. The standard InChI is InChI=1S/C43H66N2O5/c1-28(2)37-31-11-10-12-34-41(8,29(3)13-20-43(31,25-32(37)46)21-24-45-27-30-16-22-44-23-17-30)18-14-33-40(6,7)35(15-19-42(33,34)9)50-36(47)26-39(4,5)38(48)49/h16-17,22-23,28-29,33-35,45H,10-15,18-21,24-27H2,1-9H3,(H,48,49). The number of carboxylic acid groups (broad SMARTS) is 1. The van der Waals surface area contributed by atoms with Crippen molar-refractivity contribution in [3.05, 3.63) is 41.2 Å². The molecule has 4 aliphatic carbocycles. The van der Waals surface area contributed by atoms with E-state index in [0.717, 1.165) is 82.9 Å². The Kier molecular flexibility index (Phi) is 11.2. The summed E-state index contributed by atoms with van der Waals surface area (Å²) in [6.07, 6.45) is 14.6. The van der Waals surface area contributed by atoms with E-state index in [1.54, 1.807) is 13.8 Å². The van der Waals surface area contributed by atoms with Gasteiger partial charge in [0.25, 0.3) is 0 Å². The van der Waals surface area contributed by atoms with E-state index in [0.29, 0.717) is 30.0 Å². The molecule has 0 aliphatic heterocycles. The number of carbonyl (C=O) groups is 3. The third-order valence-electron chi connectivity index (χ3n) is 14.8. The number of carbonyl (C=O) groups excluding carboxylic acids is 2. The maximum absolute atomic E-state index is 13.8. The van der Waals surface area contributed by atoms with Gasteiger partial charge in [-0.2, -0.15) is 0 Å². The Hall–Kier alpha value is -2.54. The summed E-state index contributed by atoms with van der Waals surface area (Å²) in [5.74, 6) is 0.727. The predicted molar refractivity (Wildman–Crippen MR) is 198 cm³/mol. The highest BCUT2D eigenvalue weighted by molar-refractivity contribution is 6.00. The van der Waals surface area contributed by atoms with E-state index in [-0.39, 0.29) is 40.1 Å². The van der Waals surface area contributed by atoms with Gasteiger partial charge in [0.15, 0.2) is 5.78 Å². The Morgan fingerprint density at radius 3 is 2.34 bits per heavy atom. The van der Waals surface area contributed by atoms with E-state index in [1.165, 1.54) is 11.1 Å². The van der Waals surface area contributed by atoms with Crippen molar-refractivity contribution >= 4 is 17.7 Å². The molecule has 3 saturated carbocycles. The number of pyridine rings is 1. The zero-order valence-electron chi connectivity index (χ0n) is 32.6. The van der Waals surface area contributed by atoms with Crippen molar-refractivity contribution in [1.29, 1.82) is 0 Å². The van der Waals surface area contributed by atoms with Crippen LogP contribution in [0.1, 0.15) is 145 Å². The number of hydrogen-bond acceptors (Lipinski definition) is 6. The summed E-state index contributed by atoms with van der Waals surface area (Å²) in [7, 11) is 0. The van der Waals surface area contributed by atoms with Crippen molar-refractivity contribution in [2.24, 2.45) is 50.7 Å². The van der Waals surface area contributed by atoms with Crippen LogP contribution in [0.25, 0.3) is 0 Å². The number of fused-ring (bicyclic) bond motifs is 4. The Morgan fingerprint density at radius 1 is 1.00 bits per heavy atom. The number of aromatic nitrogens is 1. The molecule has 0 radical (unpaired) electrons. The molecule has 7 nitrogen and oxygen atoms in total. The molecule has 2 N–H and O–H groups in total. The summed E-state index contributed by atoms with van der Waals surface area (Å²) in [6.45, 7) is 21.5. The van der Waals surface area contributed by atoms with Crippen molar-refractivity contribution < 1.29 is 24.2 Å². The molecule has 1 heterocycles. The quantitative estimate of drug-likeness (QED) is 0.186. The number of esters is 1. The summed E-state index contributed by atoms with van der Waals surface area (Å²) >= 11 is 0. The SMILES string of the molecule is CC(C)C1=C2CCCC3C(C)(CCC4C(C)(C)C(OC(=O)CC(C)(C)C(=O)O)CCC43C)C(C)CCC2(CCNCc2ccncc2)CC1=O. The van der Waals surface area contributed by atoms with Crippen molar-refractivity contribution in [3.63, 3.8) is 0 Å². The lowest BCUT2D eigenvalue weighted by atomic mass is 9.40. The number of hydrogen-bond donors (Lipinski definition) is 2. The lowest BCUT2D eigenvalue weighted by molar-refractivity contribution is -0.201. The summed E-state index contributed by atoms with van der Waals surface area (Å²) in [5.41, 5.74) is 2.72. The topological polar surface area (TPSA) is 106 Å². The Labute approximate surface area is 302 Å². The zero-order chi connectivity index (χ0) is 36.7. The van der Waals surface area contributed by atoms with Crippen molar-refractivity contribution in [3.8, 4) is 0 Å². The van der Waals surface area contributed by atoms with Crippen LogP contribution in [0.2, 0.25) is 0 Å². The van der Waals surface area contributed by atoms with Gasteiger partial charge in [-0.1, -0.05) is 54.0 Å². The van der Waals surface area contributed by atoms with Crippen LogP contribution < -0.4 is 5.32 Å². The largest absolute Gasteiger partial charge is 0.481 e. The van der Waals surface area contributed by atoms with Gasteiger partial charge in [0.2, 0.25) is 0 Å². The Balaban J connectivity index is 1.37. The molecular formula is C43H66N2O5. The molecular weight excluding hydrogens is 624 g/mol. The first-order valence-electron chi connectivity index (χ1n) is 19.7. The van der Waals surface area contributed by atoms with Gasteiger partial charge >= 0.3 is 11.9 Å². The molecule has 7 heteroatoms. The summed E-state index contributed by atoms with van der Waals surface area (Å²) < 4.78 is 6.17. The normalized spacial score (nSPS) is 34.5. The maximum atomic E-state index is 13.8. The smallest absolute Gasteiger partial charge is 0.309 e. The van der Waals surface area contributed by atoms with Crippen LogP contribution in [0, 0.1) is 50.7 Å². The third-order valence-corrected chi connectivity index (χ3v) is 14.8. The molecule has 1 aromatic rings. The van der Waals surface area contributed by atoms with Crippen molar-refractivity contribution in [1.82, 2.24) is 10.3 Å². The van der Waals surface area contributed by atoms with E-state index in [4.69, 9.17) is 4.74 Å². The van der Waals surface area contributed by atoms with E-state index in [2.05, 4.69) is 70.9 Å². The summed E-state index contributed by atoms with van der Waals surface area (Å²) in [5, 5.41) is 13.3. The first-order chi connectivity index (χ1) is 23.4. The van der Waals surface area contributed by atoms with Gasteiger partial charge in [-0.15, -0.1) is 0 Å². The van der Waals surface area contributed by atoms with E-state index in [9.17, 15) is 19.5 Å². The number of ether oxygens (including phenoxy) is 1. The predicted octanol–water partition coefficient (Wildman–Crippen LogP) is 9.34. The van der Waals surface area contributed by atoms with Crippen LogP contribution in [0.5, 0.6) is 0 Å². The van der Waals surface area contributed by atoms with Crippen LogP contribution >= 0.6 is 0 Å². The molecule has 3 fully saturated rings. The number of Topliss-reactive ketones (excluding diaryl/α,β-unsaturated/α-hetero) is 1. The van der Waals surface area contributed by atoms with Gasteiger partial charge in [0.05, 0.1) is 11.8 Å². The number of ketones is 1. The molecule has 0 bridgehead atoms. The van der Waals surface area contributed by atoms with Crippen molar-refractivity contribution in [2.75, 3.05) is 6.54 Å². The second-order valence-corrected chi connectivity index (χ2v) is 18.9. The Bertz CT molecular complexity index is 1450. The number of nitrogens with one attached hydrogen (secondary N) is 1. The number of carboxylic acids is 1. The van der Waals surface area contributed by atoms with Crippen LogP contribution in [0.15, 0.2) is 35.7 Å². The lowest BCUT2D eigenvalue weighted by Crippen LogP contribution is -2.60. The van der Waals surface area contributed by atoms with Gasteiger partial charge in [0, 0.05) is 36.2 Å². The molecule has 278 valence electrons. The molecule has 0 amide bonds. The summed E-state index contributed by atoms with van der Waals surface area (Å²) in [6, 6.07) is 4.13.